The molecule has 0 radical (unpaired) electrons. The summed E-state index contributed by atoms with van der Waals surface area (Å²) >= 11 is 0. The highest BCUT2D eigenvalue weighted by molar-refractivity contribution is 5.78. The number of amides is 1. The van der Waals surface area contributed by atoms with Gasteiger partial charge in [-0.25, -0.2) is 4.68 Å². The molecule has 0 aliphatic heterocycles. The van der Waals surface area contributed by atoms with Crippen molar-refractivity contribution in [2.75, 3.05) is 0 Å². The molecule has 25 heavy (non-hydrogen) atoms. The minimum atomic E-state index is -0.121. The third-order valence-corrected chi connectivity index (χ3v) is 3.94. The van der Waals surface area contributed by atoms with E-state index in [0.717, 1.165) is 16.8 Å². The summed E-state index contributed by atoms with van der Waals surface area (Å²) in [6.07, 6.45) is 3.84. The minimum Gasteiger partial charge on any atom is -0.349 e. The summed E-state index contributed by atoms with van der Waals surface area (Å²) < 4.78 is 1.76. The molecule has 3 aromatic rings. The van der Waals surface area contributed by atoms with E-state index in [1.54, 1.807) is 23.0 Å². The first-order valence-corrected chi connectivity index (χ1v) is 8.04. The van der Waals surface area contributed by atoms with Gasteiger partial charge in [0.1, 0.15) is 0 Å². The molecule has 1 amide bonds. The maximum atomic E-state index is 12.3. The number of aromatic nitrogens is 2. The molecule has 3 rings (SSSR count). The Morgan fingerprint density at radius 2 is 1.92 bits per heavy atom. The number of nitriles is 1. The number of nitrogens with one attached hydrogen (secondary N) is 1. The number of hydrogen-bond acceptors (Lipinski definition) is 3. The monoisotopic (exact) mass is 330 g/mol. The van der Waals surface area contributed by atoms with Gasteiger partial charge >= 0.3 is 0 Å². The maximum Gasteiger partial charge on any atom is 0.225 e. The van der Waals surface area contributed by atoms with E-state index in [2.05, 4.69) is 16.5 Å². The van der Waals surface area contributed by atoms with Crippen molar-refractivity contribution in [2.45, 2.75) is 19.4 Å². The summed E-state index contributed by atoms with van der Waals surface area (Å²) in [7, 11) is 0. The predicted molar refractivity (Wildman–Crippen MR) is 95.0 cm³/mol. The van der Waals surface area contributed by atoms with Gasteiger partial charge in [0.05, 0.1) is 36.0 Å². The SMILES string of the molecule is CC(NC(=O)Cc1cnn(-c2ccccc2)c1)c1ccc(C#N)cc1. The second-order valence-electron chi connectivity index (χ2n) is 5.83. The topological polar surface area (TPSA) is 70.7 Å². The first kappa shape index (κ1) is 16.5. The predicted octanol–water partition coefficient (Wildman–Crippen LogP) is 3.16. The third-order valence-electron chi connectivity index (χ3n) is 3.94. The number of nitrogens with zero attached hydrogens (tertiary/aromatic N) is 3. The highest BCUT2D eigenvalue weighted by Crippen LogP contribution is 2.14. The third kappa shape index (κ3) is 4.12. The van der Waals surface area contributed by atoms with Crippen LogP contribution < -0.4 is 5.32 Å². The molecule has 124 valence electrons. The zero-order valence-corrected chi connectivity index (χ0v) is 13.9. The summed E-state index contributed by atoms with van der Waals surface area (Å²) in [5.74, 6) is -0.0653. The molecule has 0 bridgehead atoms. The van der Waals surface area contributed by atoms with Gasteiger partial charge in [-0.1, -0.05) is 30.3 Å². The van der Waals surface area contributed by atoms with Crippen molar-refractivity contribution in [1.82, 2.24) is 15.1 Å². The van der Waals surface area contributed by atoms with Crippen molar-refractivity contribution in [1.29, 1.82) is 5.26 Å². The fourth-order valence-electron chi connectivity index (χ4n) is 2.58. The Bertz CT molecular complexity index is 891. The Hall–Kier alpha value is -3.39. The summed E-state index contributed by atoms with van der Waals surface area (Å²) in [6, 6.07) is 19.0. The van der Waals surface area contributed by atoms with E-state index in [0.29, 0.717) is 5.56 Å². The van der Waals surface area contributed by atoms with Gasteiger partial charge in [0.2, 0.25) is 5.91 Å². The second kappa shape index (κ2) is 7.45. The fraction of sp³-hybridized carbons (Fsp3) is 0.150. The van der Waals surface area contributed by atoms with E-state index in [9.17, 15) is 4.79 Å². The molecule has 2 aromatic carbocycles. The van der Waals surface area contributed by atoms with Crippen molar-refractivity contribution in [3.8, 4) is 11.8 Å². The fourth-order valence-corrected chi connectivity index (χ4v) is 2.58. The van der Waals surface area contributed by atoms with Crippen LogP contribution in [0.3, 0.4) is 0 Å². The number of benzene rings is 2. The molecule has 1 unspecified atom stereocenters. The Labute approximate surface area is 146 Å². The normalized spacial score (nSPS) is 11.5. The number of carbonyl (C=O) groups excluding carboxylic acids is 1. The second-order valence-corrected chi connectivity index (χ2v) is 5.83. The lowest BCUT2D eigenvalue weighted by atomic mass is 10.1. The van der Waals surface area contributed by atoms with Gasteiger partial charge in [0, 0.05) is 6.20 Å². The highest BCUT2D eigenvalue weighted by Gasteiger charge is 2.11. The quantitative estimate of drug-likeness (QED) is 0.781. The Kier molecular flexibility index (Phi) is 4.91. The van der Waals surface area contributed by atoms with E-state index in [1.807, 2.05) is 55.6 Å². The van der Waals surface area contributed by atoms with Gasteiger partial charge in [-0.2, -0.15) is 10.4 Å². The van der Waals surface area contributed by atoms with Crippen molar-refractivity contribution >= 4 is 5.91 Å². The Morgan fingerprint density at radius 1 is 1.20 bits per heavy atom. The van der Waals surface area contributed by atoms with E-state index < -0.39 is 0 Å². The van der Waals surface area contributed by atoms with E-state index in [-0.39, 0.29) is 18.4 Å². The molecule has 0 saturated heterocycles. The molecule has 0 fully saturated rings. The van der Waals surface area contributed by atoms with Crippen molar-refractivity contribution in [3.05, 3.63) is 83.7 Å². The van der Waals surface area contributed by atoms with Gasteiger partial charge < -0.3 is 5.32 Å². The lowest BCUT2D eigenvalue weighted by Crippen LogP contribution is -2.28. The van der Waals surface area contributed by atoms with Crippen LogP contribution in [0.5, 0.6) is 0 Å². The van der Waals surface area contributed by atoms with Crippen LogP contribution in [0.2, 0.25) is 0 Å². The largest absolute Gasteiger partial charge is 0.349 e. The molecule has 0 spiro atoms. The van der Waals surface area contributed by atoms with Crippen LogP contribution in [0.1, 0.15) is 29.7 Å². The van der Waals surface area contributed by atoms with Gasteiger partial charge in [0.25, 0.3) is 0 Å². The average Bonchev–Trinajstić information content (AvgIpc) is 3.10. The molecule has 5 nitrogen and oxygen atoms in total. The zero-order valence-electron chi connectivity index (χ0n) is 13.9. The van der Waals surface area contributed by atoms with E-state index >= 15 is 0 Å². The average molecular weight is 330 g/mol. The molecule has 0 saturated carbocycles. The van der Waals surface area contributed by atoms with Crippen LogP contribution in [0.25, 0.3) is 5.69 Å². The highest BCUT2D eigenvalue weighted by atomic mass is 16.1. The standard InChI is InChI=1S/C20H18N4O/c1-15(18-9-7-16(12-21)8-10-18)23-20(25)11-17-13-22-24(14-17)19-5-3-2-4-6-19/h2-10,13-15H,11H2,1H3,(H,23,25). The van der Waals surface area contributed by atoms with Gasteiger partial charge in [-0.15, -0.1) is 0 Å². The van der Waals surface area contributed by atoms with Crippen LogP contribution in [0.4, 0.5) is 0 Å². The first-order valence-electron chi connectivity index (χ1n) is 8.04. The summed E-state index contributed by atoms with van der Waals surface area (Å²) in [5.41, 5.74) is 3.39. The van der Waals surface area contributed by atoms with Gasteiger partial charge in [0.15, 0.2) is 0 Å². The number of para-hydroxylation sites is 1. The number of carbonyl (C=O) groups is 1. The summed E-state index contributed by atoms with van der Waals surface area (Å²) in [5, 5.41) is 16.1. The molecule has 1 N–H and O–H groups in total. The van der Waals surface area contributed by atoms with Crippen molar-refractivity contribution < 1.29 is 4.79 Å². The zero-order chi connectivity index (χ0) is 17.6. The van der Waals surface area contributed by atoms with Crippen LogP contribution in [-0.2, 0) is 11.2 Å². The lowest BCUT2D eigenvalue weighted by Gasteiger charge is -2.14. The van der Waals surface area contributed by atoms with Crippen LogP contribution >= 0.6 is 0 Å². The smallest absolute Gasteiger partial charge is 0.225 e. The van der Waals surface area contributed by atoms with Crippen LogP contribution in [0, 0.1) is 11.3 Å². The van der Waals surface area contributed by atoms with Crippen LogP contribution in [0.15, 0.2) is 67.0 Å². The lowest BCUT2D eigenvalue weighted by molar-refractivity contribution is -0.121. The molecular weight excluding hydrogens is 312 g/mol. The molecule has 0 aliphatic rings. The molecular formula is C20H18N4O. The number of rotatable bonds is 5. The first-order chi connectivity index (χ1) is 12.2. The van der Waals surface area contributed by atoms with Gasteiger partial charge in [-0.3, -0.25) is 4.79 Å². The Balaban J connectivity index is 1.61. The Morgan fingerprint density at radius 3 is 2.60 bits per heavy atom. The molecule has 0 aliphatic carbocycles. The summed E-state index contributed by atoms with van der Waals surface area (Å²) in [6.45, 7) is 1.92. The molecule has 1 heterocycles. The van der Waals surface area contributed by atoms with Gasteiger partial charge in [-0.05, 0) is 42.3 Å². The van der Waals surface area contributed by atoms with Crippen molar-refractivity contribution in [2.24, 2.45) is 0 Å². The van der Waals surface area contributed by atoms with E-state index in [1.165, 1.54) is 0 Å². The van der Waals surface area contributed by atoms with Crippen LogP contribution in [-0.4, -0.2) is 15.7 Å². The maximum absolute atomic E-state index is 12.3. The van der Waals surface area contributed by atoms with E-state index in [4.69, 9.17) is 5.26 Å². The molecule has 5 heteroatoms. The minimum absolute atomic E-state index is 0.0653. The summed E-state index contributed by atoms with van der Waals surface area (Å²) in [4.78, 5) is 12.3. The number of hydrogen-bond donors (Lipinski definition) is 1. The molecule has 1 aromatic heterocycles. The molecule has 1 atom stereocenters. The van der Waals surface area contributed by atoms with Crippen molar-refractivity contribution in [3.63, 3.8) is 0 Å².